The van der Waals surface area contributed by atoms with Crippen molar-refractivity contribution in [3.63, 3.8) is 0 Å². The molecule has 6 nitrogen and oxygen atoms in total. The Bertz CT molecular complexity index is 483. The molecule has 1 aromatic heterocycles. The SMILES string of the molecule is CCn1cccc1C(=O)N1CC(O)CC1C(=O)OC. The summed E-state index contributed by atoms with van der Waals surface area (Å²) in [5.41, 5.74) is 0.519. The molecule has 104 valence electrons. The molecule has 19 heavy (non-hydrogen) atoms. The number of hydrogen-bond acceptors (Lipinski definition) is 4. The number of β-amino-alcohol motifs (C(OH)–C–C–N with tert-alkyl or cyclic N) is 1. The van der Waals surface area contributed by atoms with E-state index in [2.05, 4.69) is 4.74 Å². The van der Waals surface area contributed by atoms with Gasteiger partial charge in [0.05, 0.1) is 13.2 Å². The van der Waals surface area contributed by atoms with Gasteiger partial charge in [-0.15, -0.1) is 0 Å². The Labute approximate surface area is 111 Å². The van der Waals surface area contributed by atoms with Crippen molar-refractivity contribution in [1.82, 2.24) is 9.47 Å². The minimum atomic E-state index is -0.701. The van der Waals surface area contributed by atoms with Gasteiger partial charge in [-0.2, -0.15) is 0 Å². The zero-order valence-corrected chi connectivity index (χ0v) is 11.1. The number of esters is 1. The lowest BCUT2D eigenvalue weighted by atomic mass is 10.2. The lowest BCUT2D eigenvalue weighted by molar-refractivity contribution is -0.145. The molecule has 0 spiro atoms. The smallest absolute Gasteiger partial charge is 0.328 e. The molecular formula is C13H18N2O4. The van der Waals surface area contributed by atoms with Gasteiger partial charge in [-0.3, -0.25) is 4.79 Å². The van der Waals surface area contributed by atoms with Crippen molar-refractivity contribution in [2.45, 2.75) is 32.0 Å². The maximum atomic E-state index is 12.5. The number of ether oxygens (including phenoxy) is 1. The van der Waals surface area contributed by atoms with Crippen molar-refractivity contribution in [1.29, 1.82) is 0 Å². The third-order valence-electron chi connectivity index (χ3n) is 3.40. The zero-order chi connectivity index (χ0) is 14.0. The summed E-state index contributed by atoms with van der Waals surface area (Å²) in [6.45, 7) is 2.77. The molecule has 0 radical (unpaired) electrons. The van der Waals surface area contributed by atoms with Gasteiger partial charge in [0.15, 0.2) is 0 Å². The fourth-order valence-corrected chi connectivity index (χ4v) is 2.43. The van der Waals surface area contributed by atoms with Crippen molar-refractivity contribution < 1.29 is 19.4 Å². The maximum Gasteiger partial charge on any atom is 0.328 e. The topological polar surface area (TPSA) is 71.8 Å². The molecule has 1 saturated heterocycles. The summed E-state index contributed by atoms with van der Waals surface area (Å²) in [6.07, 6.45) is 1.36. The van der Waals surface area contributed by atoms with E-state index in [4.69, 9.17) is 0 Å². The summed E-state index contributed by atoms with van der Waals surface area (Å²) >= 11 is 0. The zero-order valence-electron chi connectivity index (χ0n) is 11.1. The molecule has 0 saturated carbocycles. The van der Waals surface area contributed by atoms with Crippen molar-refractivity contribution in [2.24, 2.45) is 0 Å². The van der Waals surface area contributed by atoms with Crippen LogP contribution in [0.3, 0.4) is 0 Å². The molecule has 2 heterocycles. The predicted octanol–water partition coefficient (Wildman–Crippen LogP) is 0.256. The number of aliphatic hydroxyl groups is 1. The number of amides is 1. The van der Waals surface area contributed by atoms with E-state index in [9.17, 15) is 14.7 Å². The van der Waals surface area contributed by atoms with E-state index in [1.807, 2.05) is 13.1 Å². The molecule has 0 aromatic carbocycles. The largest absolute Gasteiger partial charge is 0.467 e. The fraction of sp³-hybridized carbons (Fsp3) is 0.538. The van der Waals surface area contributed by atoms with E-state index < -0.39 is 18.1 Å². The third kappa shape index (κ3) is 2.49. The summed E-state index contributed by atoms with van der Waals surface area (Å²) in [4.78, 5) is 25.5. The van der Waals surface area contributed by atoms with Gasteiger partial charge in [0.25, 0.3) is 5.91 Å². The average molecular weight is 266 g/mol. The van der Waals surface area contributed by atoms with Crippen LogP contribution in [0.1, 0.15) is 23.8 Å². The third-order valence-corrected chi connectivity index (χ3v) is 3.40. The molecule has 2 rings (SSSR count). The summed E-state index contributed by atoms with van der Waals surface area (Å²) in [5.74, 6) is -0.738. The van der Waals surface area contributed by atoms with Gasteiger partial charge in [0.2, 0.25) is 0 Å². The quantitative estimate of drug-likeness (QED) is 0.796. The number of rotatable bonds is 3. The number of nitrogens with zero attached hydrogens (tertiary/aromatic N) is 2. The van der Waals surface area contributed by atoms with Crippen LogP contribution in [0.4, 0.5) is 0 Å². The van der Waals surface area contributed by atoms with Gasteiger partial charge in [0, 0.05) is 25.7 Å². The van der Waals surface area contributed by atoms with Crippen molar-refractivity contribution in [3.05, 3.63) is 24.0 Å². The number of hydrogen-bond donors (Lipinski definition) is 1. The number of carbonyl (C=O) groups excluding carboxylic acids is 2. The first-order chi connectivity index (χ1) is 9.08. The van der Waals surface area contributed by atoms with Crippen LogP contribution < -0.4 is 0 Å². The van der Waals surface area contributed by atoms with Gasteiger partial charge in [-0.1, -0.05) is 0 Å². The normalized spacial score (nSPS) is 22.6. The molecule has 0 aliphatic carbocycles. The molecule has 1 fully saturated rings. The molecule has 1 N–H and O–H groups in total. The number of carbonyl (C=O) groups is 2. The highest BCUT2D eigenvalue weighted by molar-refractivity contribution is 5.96. The van der Waals surface area contributed by atoms with Gasteiger partial charge in [-0.25, -0.2) is 4.79 Å². The van der Waals surface area contributed by atoms with Crippen LogP contribution in [-0.2, 0) is 16.1 Å². The van der Waals surface area contributed by atoms with Crippen molar-refractivity contribution >= 4 is 11.9 Å². The Morgan fingerprint density at radius 3 is 2.89 bits per heavy atom. The van der Waals surface area contributed by atoms with E-state index in [0.717, 1.165) is 0 Å². The van der Waals surface area contributed by atoms with E-state index in [-0.39, 0.29) is 18.9 Å². The molecule has 1 aliphatic heterocycles. The lowest BCUT2D eigenvalue weighted by Crippen LogP contribution is -2.41. The molecule has 1 amide bonds. The maximum absolute atomic E-state index is 12.5. The molecule has 1 aromatic rings. The average Bonchev–Trinajstić information content (AvgIpc) is 3.02. The Hall–Kier alpha value is -1.82. The second-order valence-corrected chi connectivity index (χ2v) is 4.57. The van der Waals surface area contributed by atoms with Crippen LogP contribution in [0.2, 0.25) is 0 Å². The number of aromatic nitrogens is 1. The lowest BCUT2D eigenvalue weighted by Gasteiger charge is -2.22. The van der Waals surface area contributed by atoms with Crippen LogP contribution >= 0.6 is 0 Å². The fourth-order valence-electron chi connectivity index (χ4n) is 2.43. The summed E-state index contributed by atoms with van der Waals surface area (Å²) in [7, 11) is 1.28. The summed E-state index contributed by atoms with van der Waals surface area (Å²) < 4.78 is 6.49. The van der Waals surface area contributed by atoms with E-state index in [0.29, 0.717) is 12.2 Å². The standard InChI is InChI=1S/C13H18N2O4/c1-3-14-6-4-5-10(14)12(17)15-8-9(16)7-11(15)13(18)19-2/h4-6,9,11,16H,3,7-8H2,1-2H3. The van der Waals surface area contributed by atoms with Crippen LogP contribution in [0.15, 0.2) is 18.3 Å². The Morgan fingerprint density at radius 1 is 1.53 bits per heavy atom. The molecule has 2 unspecified atom stereocenters. The van der Waals surface area contributed by atoms with Crippen LogP contribution in [-0.4, -0.2) is 52.3 Å². The second kappa shape index (κ2) is 5.44. The van der Waals surface area contributed by atoms with Crippen LogP contribution in [0, 0.1) is 0 Å². The summed E-state index contributed by atoms with van der Waals surface area (Å²) in [5, 5.41) is 9.68. The second-order valence-electron chi connectivity index (χ2n) is 4.57. The van der Waals surface area contributed by atoms with Gasteiger partial charge < -0.3 is 19.3 Å². The predicted molar refractivity (Wildman–Crippen MR) is 67.6 cm³/mol. The van der Waals surface area contributed by atoms with E-state index >= 15 is 0 Å². The molecular weight excluding hydrogens is 248 g/mol. The van der Waals surface area contributed by atoms with Gasteiger partial charge >= 0.3 is 5.97 Å². The minimum Gasteiger partial charge on any atom is -0.467 e. The van der Waals surface area contributed by atoms with Crippen molar-refractivity contribution in [3.8, 4) is 0 Å². The highest BCUT2D eigenvalue weighted by Gasteiger charge is 2.40. The Kier molecular flexibility index (Phi) is 3.90. The Morgan fingerprint density at radius 2 is 2.26 bits per heavy atom. The molecule has 0 bridgehead atoms. The van der Waals surface area contributed by atoms with Crippen molar-refractivity contribution in [2.75, 3.05) is 13.7 Å². The first-order valence-corrected chi connectivity index (χ1v) is 6.30. The molecule has 1 aliphatic rings. The number of aliphatic hydroxyl groups excluding tert-OH is 1. The first-order valence-electron chi connectivity index (χ1n) is 6.30. The molecule has 2 atom stereocenters. The number of likely N-dealkylation sites (tertiary alicyclic amines) is 1. The molecule has 6 heteroatoms. The van der Waals surface area contributed by atoms with Crippen LogP contribution in [0.25, 0.3) is 0 Å². The number of methoxy groups -OCH3 is 1. The highest BCUT2D eigenvalue weighted by atomic mass is 16.5. The Balaban J connectivity index is 2.24. The highest BCUT2D eigenvalue weighted by Crippen LogP contribution is 2.22. The van der Waals surface area contributed by atoms with Gasteiger partial charge in [-0.05, 0) is 19.1 Å². The van der Waals surface area contributed by atoms with E-state index in [1.165, 1.54) is 12.0 Å². The van der Waals surface area contributed by atoms with Gasteiger partial charge in [0.1, 0.15) is 11.7 Å². The minimum absolute atomic E-state index is 0.160. The van der Waals surface area contributed by atoms with Crippen LogP contribution in [0.5, 0.6) is 0 Å². The number of aryl methyl sites for hydroxylation is 1. The monoisotopic (exact) mass is 266 g/mol. The summed E-state index contributed by atoms with van der Waals surface area (Å²) in [6, 6.07) is 2.80. The first kappa shape index (κ1) is 13.6. The van der Waals surface area contributed by atoms with E-state index in [1.54, 1.807) is 16.7 Å².